The van der Waals surface area contributed by atoms with E-state index in [-0.39, 0.29) is 6.04 Å². The molecule has 1 aliphatic rings. The van der Waals surface area contributed by atoms with Crippen LogP contribution in [-0.2, 0) is 4.74 Å². The van der Waals surface area contributed by atoms with E-state index in [1.165, 1.54) is 0 Å². The van der Waals surface area contributed by atoms with E-state index in [4.69, 9.17) is 16.3 Å². The summed E-state index contributed by atoms with van der Waals surface area (Å²) in [5.74, 6) is 0.526. The van der Waals surface area contributed by atoms with Crippen molar-refractivity contribution < 1.29 is 9.84 Å². The lowest BCUT2D eigenvalue weighted by atomic mass is 9.78. The minimum atomic E-state index is -0.537. The van der Waals surface area contributed by atoms with Gasteiger partial charge in [-0.25, -0.2) is 0 Å². The Morgan fingerprint density at radius 2 is 2.21 bits per heavy atom. The molecule has 5 heteroatoms. The Morgan fingerprint density at radius 3 is 2.79 bits per heavy atom. The summed E-state index contributed by atoms with van der Waals surface area (Å²) >= 11 is 6.14. The van der Waals surface area contributed by atoms with Crippen LogP contribution in [0.1, 0.15) is 57.9 Å². The highest BCUT2D eigenvalue weighted by Gasteiger charge is 2.32. The van der Waals surface area contributed by atoms with Gasteiger partial charge in [0.1, 0.15) is 0 Å². The largest absolute Gasteiger partial charge is 0.387 e. The molecular weight excluding hydrogens is 264 g/mol. The molecule has 19 heavy (non-hydrogen) atoms. The Morgan fingerprint density at radius 1 is 1.53 bits per heavy atom. The third kappa shape index (κ3) is 3.30. The number of ether oxygens (including phenoxy) is 1. The minimum Gasteiger partial charge on any atom is -0.387 e. The van der Waals surface area contributed by atoms with E-state index in [9.17, 15) is 5.11 Å². The number of aliphatic hydroxyl groups is 1. The maximum atomic E-state index is 10.4. The summed E-state index contributed by atoms with van der Waals surface area (Å²) in [5, 5.41) is 15.2. The van der Waals surface area contributed by atoms with Gasteiger partial charge < -0.3 is 9.84 Å². The molecule has 1 aromatic heterocycles. The average molecular weight is 287 g/mol. The number of aliphatic hydroxyl groups excluding tert-OH is 1. The predicted molar refractivity (Wildman–Crippen MR) is 75.3 cm³/mol. The first-order valence-electron chi connectivity index (χ1n) is 7.05. The molecule has 0 aliphatic heterocycles. The van der Waals surface area contributed by atoms with Crippen molar-refractivity contribution >= 4 is 11.6 Å². The Bertz CT molecular complexity index is 414. The van der Waals surface area contributed by atoms with Crippen molar-refractivity contribution in [1.82, 2.24) is 9.78 Å². The van der Waals surface area contributed by atoms with Crippen LogP contribution in [0, 0.1) is 5.92 Å². The summed E-state index contributed by atoms with van der Waals surface area (Å²) in [5.41, 5.74) is 0.747. The first kappa shape index (κ1) is 14.8. The van der Waals surface area contributed by atoms with Crippen LogP contribution in [-0.4, -0.2) is 27.6 Å². The molecule has 1 heterocycles. The van der Waals surface area contributed by atoms with Crippen LogP contribution < -0.4 is 0 Å². The smallest absolute Gasteiger partial charge is 0.0974 e. The van der Waals surface area contributed by atoms with Gasteiger partial charge in [0, 0.05) is 12.6 Å². The Hall–Kier alpha value is -0.580. The van der Waals surface area contributed by atoms with Crippen molar-refractivity contribution in [3.05, 3.63) is 16.9 Å². The number of rotatable bonds is 6. The SMILES string of the molecule is CCOC1CC(CC(O)c2c(Cl)cnn2C(C)C)C1. The van der Waals surface area contributed by atoms with E-state index >= 15 is 0 Å². The summed E-state index contributed by atoms with van der Waals surface area (Å²) < 4.78 is 7.35. The molecule has 0 saturated heterocycles. The zero-order chi connectivity index (χ0) is 14.0. The van der Waals surface area contributed by atoms with Gasteiger partial charge in [-0.15, -0.1) is 0 Å². The lowest BCUT2D eigenvalue weighted by molar-refractivity contribution is -0.0387. The summed E-state index contributed by atoms with van der Waals surface area (Å²) in [6, 6.07) is 0.203. The molecule has 1 aromatic rings. The van der Waals surface area contributed by atoms with Crippen molar-refractivity contribution in [3.8, 4) is 0 Å². The van der Waals surface area contributed by atoms with E-state index in [1.54, 1.807) is 6.20 Å². The Labute approximate surface area is 119 Å². The molecule has 4 nitrogen and oxygen atoms in total. The molecule has 1 aliphatic carbocycles. The van der Waals surface area contributed by atoms with E-state index in [0.29, 0.717) is 17.0 Å². The number of halogens is 1. The van der Waals surface area contributed by atoms with Gasteiger partial charge in [-0.1, -0.05) is 11.6 Å². The van der Waals surface area contributed by atoms with Crippen molar-refractivity contribution in [2.45, 2.75) is 58.3 Å². The predicted octanol–water partition coefficient (Wildman–Crippen LogP) is 3.36. The van der Waals surface area contributed by atoms with Crippen molar-refractivity contribution in [2.24, 2.45) is 5.92 Å². The molecule has 1 fully saturated rings. The first-order chi connectivity index (χ1) is 9.02. The molecule has 0 aromatic carbocycles. The van der Waals surface area contributed by atoms with Gasteiger partial charge in [0.2, 0.25) is 0 Å². The zero-order valence-electron chi connectivity index (χ0n) is 11.8. The van der Waals surface area contributed by atoms with Crippen LogP contribution in [0.25, 0.3) is 0 Å². The highest BCUT2D eigenvalue weighted by Crippen LogP contribution is 2.38. The summed E-state index contributed by atoms with van der Waals surface area (Å²) in [4.78, 5) is 0. The minimum absolute atomic E-state index is 0.203. The summed E-state index contributed by atoms with van der Waals surface area (Å²) in [6.07, 6.45) is 4.28. The second-order valence-electron chi connectivity index (χ2n) is 5.58. The van der Waals surface area contributed by atoms with E-state index in [1.807, 2.05) is 25.5 Å². The molecular formula is C14H23ClN2O2. The van der Waals surface area contributed by atoms with Crippen LogP contribution in [0.4, 0.5) is 0 Å². The number of nitrogens with zero attached hydrogens (tertiary/aromatic N) is 2. The maximum Gasteiger partial charge on any atom is 0.0974 e. The fourth-order valence-electron chi connectivity index (χ4n) is 2.74. The van der Waals surface area contributed by atoms with Crippen LogP contribution in [0.15, 0.2) is 6.20 Å². The van der Waals surface area contributed by atoms with Crippen LogP contribution in [0.2, 0.25) is 5.02 Å². The topological polar surface area (TPSA) is 47.3 Å². The summed E-state index contributed by atoms with van der Waals surface area (Å²) in [7, 11) is 0. The van der Waals surface area contributed by atoms with Gasteiger partial charge in [-0.2, -0.15) is 5.10 Å². The number of hydrogen-bond donors (Lipinski definition) is 1. The normalized spacial score (nSPS) is 24.5. The number of aromatic nitrogens is 2. The van der Waals surface area contributed by atoms with Crippen molar-refractivity contribution in [3.63, 3.8) is 0 Å². The quantitative estimate of drug-likeness (QED) is 0.872. The number of hydrogen-bond acceptors (Lipinski definition) is 3. The molecule has 0 spiro atoms. The lowest BCUT2D eigenvalue weighted by Gasteiger charge is -2.36. The standard InChI is InChI=1S/C14H23ClN2O2/c1-4-19-11-5-10(6-11)7-13(18)14-12(15)8-16-17(14)9(2)3/h8-11,13,18H,4-7H2,1-3H3. The fraction of sp³-hybridized carbons (Fsp3) is 0.786. The average Bonchev–Trinajstić information content (AvgIpc) is 2.68. The van der Waals surface area contributed by atoms with Crippen LogP contribution in [0.3, 0.4) is 0 Å². The second-order valence-corrected chi connectivity index (χ2v) is 5.99. The fourth-order valence-corrected chi connectivity index (χ4v) is 3.00. The maximum absolute atomic E-state index is 10.4. The van der Waals surface area contributed by atoms with Gasteiger partial charge >= 0.3 is 0 Å². The van der Waals surface area contributed by atoms with Crippen LogP contribution in [0.5, 0.6) is 0 Å². The third-order valence-corrected chi connectivity index (χ3v) is 4.03. The molecule has 1 unspecified atom stereocenters. The van der Waals surface area contributed by atoms with Gasteiger partial charge in [0.05, 0.1) is 29.1 Å². The monoisotopic (exact) mass is 286 g/mol. The van der Waals surface area contributed by atoms with Gasteiger partial charge in [-0.3, -0.25) is 4.68 Å². The first-order valence-corrected chi connectivity index (χ1v) is 7.43. The molecule has 0 bridgehead atoms. The van der Waals surface area contributed by atoms with E-state index < -0.39 is 6.10 Å². The molecule has 1 N–H and O–H groups in total. The van der Waals surface area contributed by atoms with Gasteiger partial charge in [0.15, 0.2) is 0 Å². The van der Waals surface area contributed by atoms with E-state index in [2.05, 4.69) is 5.10 Å². The zero-order valence-corrected chi connectivity index (χ0v) is 12.6. The molecule has 1 saturated carbocycles. The molecule has 1 atom stereocenters. The highest BCUT2D eigenvalue weighted by atomic mass is 35.5. The Kier molecular flexibility index (Phi) is 4.87. The van der Waals surface area contributed by atoms with Crippen molar-refractivity contribution in [1.29, 1.82) is 0 Å². The van der Waals surface area contributed by atoms with Crippen LogP contribution >= 0.6 is 11.6 Å². The summed E-state index contributed by atoms with van der Waals surface area (Å²) in [6.45, 7) is 6.86. The van der Waals surface area contributed by atoms with Gasteiger partial charge in [0.25, 0.3) is 0 Å². The molecule has 2 rings (SSSR count). The lowest BCUT2D eigenvalue weighted by Crippen LogP contribution is -2.32. The molecule has 0 amide bonds. The molecule has 0 radical (unpaired) electrons. The van der Waals surface area contributed by atoms with E-state index in [0.717, 1.165) is 31.6 Å². The highest BCUT2D eigenvalue weighted by molar-refractivity contribution is 6.31. The third-order valence-electron chi connectivity index (χ3n) is 3.74. The Balaban J connectivity index is 1.94. The molecule has 108 valence electrons. The second kappa shape index (κ2) is 6.25. The van der Waals surface area contributed by atoms with Gasteiger partial charge in [-0.05, 0) is 46.0 Å². The van der Waals surface area contributed by atoms with Crippen molar-refractivity contribution in [2.75, 3.05) is 6.61 Å².